The highest BCUT2D eigenvalue weighted by Crippen LogP contribution is 2.21. The van der Waals surface area contributed by atoms with Crippen molar-refractivity contribution in [3.8, 4) is 0 Å². The predicted molar refractivity (Wildman–Crippen MR) is 86.9 cm³/mol. The number of rotatable bonds is 5. The molecule has 1 aromatic heterocycles. The van der Waals surface area contributed by atoms with E-state index in [9.17, 15) is 4.79 Å². The van der Waals surface area contributed by atoms with E-state index in [1.54, 1.807) is 28.5 Å². The SMILES string of the molecule is CCCSc1nc2ccc(Cl)cc2c(=O)n1CC(C)C. The van der Waals surface area contributed by atoms with Crippen molar-refractivity contribution in [2.24, 2.45) is 5.92 Å². The van der Waals surface area contributed by atoms with Crippen LogP contribution in [0.25, 0.3) is 10.9 Å². The average molecular weight is 311 g/mol. The molecular formula is C15H19ClN2OS. The molecular weight excluding hydrogens is 292 g/mol. The second-order valence-electron chi connectivity index (χ2n) is 5.21. The lowest BCUT2D eigenvalue weighted by Crippen LogP contribution is -2.25. The fourth-order valence-electron chi connectivity index (χ4n) is 2.00. The molecule has 0 radical (unpaired) electrons. The Hall–Kier alpha value is -1.00. The summed E-state index contributed by atoms with van der Waals surface area (Å²) in [6.45, 7) is 7.00. The highest BCUT2D eigenvalue weighted by molar-refractivity contribution is 7.99. The summed E-state index contributed by atoms with van der Waals surface area (Å²) in [4.78, 5) is 17.3. The minimum atomic E-state index is 0.00445. The van der Waals surface area contributed by atoms with Crippen LogP contribution in [0.5, 0.6) is 0 Å². The van der Waals surface area contributed by atoms with Crippen molar-refractivity contribution in [1.82, 2.24) is 9.55 Å². The first-order valence-corrected chi connectivity index (χ1v) is 8.22. The molecule has 0 saturated carbocycles. The van der Waals surface area contributed by atoms with Crippen molar-refractivity contribution in [2.75, 3.05) is 5.75 Å². The Labute approximate surface area is 128 Å². The van der Waals surface area contributed by atoms with Crippen LogP contribution >= 0.6 is 23.4 Å². The van der Waals surface area contributed by atoms with E-state index in [0.717, 1.165) is 22.8 Å². The van der Waals surface area contributed by atoms with Crippen molar-refractivity contribution >= 4 is 34.3 Å². The van der Waals surface area contributed by atoms with E-state index in [1.165, 1.54) is 0 Å². The highest BCUT2D eigenvalue weighted by atomic mass is 35.5. The van der Waals surface area contributed by atoms with Crippen LogP contribution in [0, 0.1) is 5.92 Å². The Morgan fingerprint density at radius 3 is 2.80 bits per heavy atom. The van der Waals surface area contributed by atoms with Crippen molar-refractivity contribution in [3.63, 3.8) is 0 Å². The quantitative estimate of drug-likeness (QED) is 0.613. The number of aromatic nitrogens is 2. The molecule has 0 amide bonds. The van der Waals surface area contributed by atoms with Crippen LogP contribution in [0.3, 0.4) is 0 Å². The zero-order valence-corrected chi connectivity index (χ0v) is 13.6. The number of thioether (sulfide) groups is 1. The van der Waals surface area contributed by atoms with Gasteiger partial charge in [-0.15, -0.1) is 0 Å². The van der Waals surface area contributed by atoms with Gasteiger partial charge < -0.3 is 0 Å². The summed E-state index contributed by atoms with van der Waals surface area (Å²) in [5.74, 6) is 1.36. The molecule has 20 heavy (non-hydrogen) atoms. The molecule has 0 aliphatic heterocycles. The predicted octanol–water partition coefficient (Wildman–Crippen LogP) is 4.21. The standard InChI is InChI=1S/C15H19ClN2OS/c1-4-7-20-15-17-13-6-5-11(16)8-12(13)14(19)18(15)9-10(2)3/h5-6,8,10H,4,7,9H2,1-3H3. The average Bonchev–Trinajstić information content (AvgIpc) is 2.40. The molecule has 0 atom stereocenters. The molecule has 2 rings (SSSR count). The Kier molecular flexibility index (Phi) is 5.11. The van der Waals surface area contributed by atoms with Gasteiger partial charge in [0.1, 0.15) is 0 Å². The van der Waals surface area contributed by atoms with Crippen molar-refractivity contribution in [3.05, 3.63) is 33.6 Å². The van der Waals surface area contributed by atoms with Gasteiger partial charge in [-0.3, -0.25) is 9.36 Å². The van der Waals surface area contributed by atoms with Crippen molar-refractivity contribution in [2.45, 2.75) is 38.9 Å². The van der Waals surface area contributed by atoms with Gasteiger partial charge in [-0.1, -0.05) is 44.1 Å². The van der Waals surface area contributed by atoms with Crippen LogP contribution in [0.1, 0.15) is 27.2 Å². The van der Waals surface area contributed by atoms with E-state index in [1.807, 2.05) is 6.07 Å². The zero-order chi connectivity index (χ0) is 14.7. The number of halogens is 1. The molecule has 2 aromatic rings. The molecule has 0 unspecified atom stereocenters. The molecule has 3 nitrogen and oxygen atoms in total. The first kappa shape index (κ1) is 15.4. The molecule has 108 valence electrons. The van der Waals surface area contributed by atoms with Gasteiger partial charge in [0, 0.05) is 17.3 Å². The molecule has 0 saturated heterocycles. The molecule has 1 heterocycles. The van der Waals surface area contributed by atoms with Crippen LogP contribution in [0.4, 0.5) is 0 Å². The second-order valence-corrected chi connectivity index (χ2v) is 6.71. The van der Waals surface area contributed by atoms with Gasteiger partial charge in [-0.05, 0) is 30.5 Å². The maximum Gasteiger partial charge on any atom is 0.262 e. The van der Waals surface area contributed by atoms with Gasteiger partial charge in [0.25, 0.3) is 5.56 Å². The molecule has 0 bridgehead atoms. The topological polar surface area (TPSA) is 34.9 Å². The van der Waals surface area contributed by atoms with Crippen LogP contribution in [0.15, 0.2) is 28.2 Å². The van der Waals surface area contributed by atoms with E-state index in [2.05, 4.69) is 25.8 Å². The summed E-state index contributed by atoms with van der Waals surface area (Å²) in [7, 11) is 0. The normalized spacial score (nSPS) is 11.4. The van der Waals surface area contributed by atoms with Crippen molar-refractivity contribution in [1.29, 1.82) is 0 Å². The highest BCUT2D eigenvalue weighted by Gasteiger charge is 2.12. The summed E-state index contributed by atoms with van der Waals surface area (Å²) < 4.78 is 1.78. The van der Waals surface area contributed by atoms with Crippen LogP contribution < -0.4 is 5.56 Å². The smallest absolute Gasteiger partial charge is 0.262 e. The van der Waals surface area contributed by atoms with Gasteiger partial charge >= 0.3 is 0 Å². The second kappa shape index (κ2) is 6.64. The molecule has 1 aromatic carbocycles. The molecule has 0 aliphatic carbocycles. The molecule has 0 N–H and O–H groups in total. The van der Waals surface area contributed by atoms with Crippen LogP contribution in [-0.2, 0) is 6.54 Å². The lowest BCUT2D eigenvalue weighted by Gasteiger charge is -2.14. The lowest BCUT2D eigenvalue weighted by molar-refractivity contribution is 0.475. The maximum absolute atomic E-state index is 12.7. The summed E-state index contributed by atoms with van der Waals surface area (Å²) in [5.41, 5.74) is 0.725. The van der Waals surface area contributed by atoms with Gasteiger partial charge in [-0.25, -0.2) is 4.98 Å². The minimum absolute atomic E-state index is 0.00445. The number of hydrogen-bond acceptors (Lipinski definition) is 3. The molecule has 5 heteroatoms. The Morgan fingerprint density at radius 2 is 2.15 bits per heavy atom. The van der Waals surface area contributed by atoms with E-state index >= 15 is 0 Å². The summed E-state index contributed by atoms with van der Waals surface area (Å²) in [6.07, 6.45) is 1.06. The van der Waals surface area contributed by atoms with Crippen LogP contribution in [0.2, 0.25) is 5.02 Å². The van der Waals surface area contributed by atoms with E-state index < -0.39 is 0 Å². The third-order valence-corrected chi connectivity index (χ3v) is 4.28. The minimum Gasteiger partial charge on any atom is -0.287 e. The number of benzene rings is 1. The molecule has 0 spiro atoms. The first-order valence-electron chi connectivity index (χ1n) is 6.85. The van der Waals surface area contributed by atoms with Gasteiger partial charge in [0.2, 0.25) is 0 Å². The molecule has 0 aliphatic rings. The maximum atomic E-state index is 12.7. The fourth-order valence-corrected chi connectivity index (χ4v) is 3.04. The molecule has 0 fully saturated rings. The summed E-state index contributed by atoms with van der Waals surface area (Å²) >= 11 is 7.63. The van der Waals surface area contributed by atoms with E-state index in [-0.39, 0.29) is 5.56 Å². The van der Waals surface area contributed by atoms with Crippen LogP contribution in [-0.4, -0.2) is 15.3 Å². The Bertz CT molecular complexity index is 667. The van der Waals surface area contributed by atoms with E-state index in [0.29, 0.717) is 22.9 Å². The number of nitrogens with zero attached hydrogens (tertiary/aromatic N) is 2. The Balaban J connectivity index is 2.62. The number of hydrogen-bond donors (Lipinski definition) is 0. The van der Waals surface area contributed by atoms with Crippen molar-refractivity contribution < 1.29 is 0 Å². The first-order chi connectivity index (χ1) is 9.52. The fraction of sp³-hybridized carbons (Fsp3) is 0.467. The summed E-state index contributed by atoms with van der Waals surface area (Å²) in [6, 6.07) is 5.30. The largest absolute Gasteiger partial charge is 0.287 e. The lowest BCUT2D eigenvalue weighted by atomic mass is 10.2. The number of fused-ring (bicyclic) bond motifs is 1. The van der Waals surface area contributed by atoms with E-state index in [4.69, 9.17) is 11.6 Å². The van der Waals surface area contributed by atoms with Gasteiger partial charge in [0.15, 0.2) is 5.16 Å². The third kappa shape index (κ3) is 3.36. The zero-order valence-electron chi connectivity index (χ0n) is 12.0. The Morgan fingerprint density at radius 1 is 1.40 bits per heavy atom. The van der Waals surface area contributed by atoms with Gasteiger partial charge in [-0.2, -0.15) is 0 Å². The monoisotopic (exact) mass is 310 g/mol. The third-order valence-electron chi connectivity index (χ3n) is 2.86. The van der Waals surface area contributed by atoms with Gasteiger partial charge in [0.05, 0.1) is 10.9 Å². The summed E-state index contributed by atoms with van der Waals surface area (Å²) in [5, 5.41) is 1.97.